The molecule has 0 saturated heterocycles. The molecule has 1 amide bonds. The number of carbonyl (C=O) groups excluding carboxylic acids is 1. The third kappa shape index (κ3) is 4.20. The van der Waals surface area contributed by atoms with Gasteiger partial charge in [-0.05, 0) is 24.2 Å². The van der Waals surface area contributed by atoms with Crippen molar-refractivity contribution in [1.82, 2.24) is 14.5 Å². The van der Waals surface area contributed by atoms with Gasteiger partial charge >= 0.3 is 0 Å². The van der Waals surface area contributed by atoms with Crippen molar-refractivity contribution in [3.63, 3.8) is 0 Å². The lowest BCUT2D eigenvalue weighted by molar-refractivity contribution is -0.117. The van der Waals surface area contributed by atoms with Crippen molar-refractivity contribution in [1.29, 1.82) is 0 Å². The first-order chi connectivity index (χ1) is 12.8. The normalized spacial score (nSPS) is 11.7. The first-order valence-corrected chi connectivity index (χ1v) is 8.83. The summed E-state index contributed by atoms with van der Waals surface area (Å²) < 4.78 is 1.89. The number of benzene rings is 1. The number of amides is 1. The monoisotopic (exact) mass is 385 g/mol. The third-order valence-corrected chi connectivity index (χ3v) is 4.09. The number of H-pyrrole nitrogens is 2. The predicted octanol–water partition coefficient (Wildman–Crippen LogP) is 3.60. The Hall–Kier alpha value is -3.07. The summed E-state index contributed by atoms with van der Waals surface area (Å²) in [5, 5.41) is 19.0. The number of hydrogen-bond acceptors (Lipinski definition) is 5. The molecular weight excluding hydrogens is 366 g/mol. The molecule has 27 heavy (non-hydrogen) atoms. The van der Waals surface area contributed by atoms with Gasteiger partial charge in [-0.25, -0.2) is 0 Å². The van der Waals surface area contributed by atoms with Gasteiger partial charge in [0, 0.05) is 23.7 Å². The van der Waals surface area contributed by atoms with Crippen LogP contribution < -0.4 is 5.56 Å². The summed E-state index contributed by atoms with van der Waals surface area (Å²) in [6, 6.07) is 8.65. The van der Waals surface area contributed by atoms with Gasteiger partial charge in [-0.2, -0.15) is 0 Å². The molecule has 9 heteroatoms. The number of para-hydroxylation sites is 1. The summed E-state index contributed by atoms with van der Waals surface area (Å²) in [7, 11) is 0. The fraction of sp³-hybridized carbons (Fsp3) is 0.278. The molecule has 0 bridgehead atoms. The van der Waals surface area contributed by atoms with Crippen LogP contribution in [0.2, 0.25) is 0 Å². The van der Waals surface area contributed by atoms with Crippen molar-refractivity contribution < 1.29 is 9.90 Å². The largest absolute Gasteiger partial charge is 0.493 e. The first kappa shape index (κ1) is 18.7. The lowest BCUT2D eigenvalue weighted by Crippen LogP contribution is -2.10. The highest BCUT2D eigenvalue weighted by atomic mass is 32.1. The number of rotatable bonds is 5. The van der Waals surface area contributed by atoms with E-state index >= 15 is 0 Å². The summed E-state index contributed by atoms with van der Waals surface area (Å²) >= 11 is 4.88. The van der Waals surface area contributed by atoms with Gasteiger partial charge in [-0.3, -0.25) is 14.6 Å². The Morgan fingerprint density at radius 3 is 2.74 bits per heavy atom. The van der Waals surface area contributed by atoms with Crippen molar-refractivity contribution in [2.24, 2.45) is 16.1 Å². The van der Waals surface area contributed by atoms with Gasteiger partial charge in [0.15, 0.2) is 10.5 Å². The highest BCUT2D eigenvalue weighted by molar-refractivity contribution is 7.71. The lowest BCUT2D eigenvalue weighted by Gasteiger charge is -2.09. The minimum absolute atomic E-state index is 0.0305. The molecule has 0 aliphatic rings. The molecule has 2 aromatic heterocycles. The van der Waals surface area contributed by atoms with Crippen molar-refractivity contribution >= 4 is 34.7 Å². The summed E-state index contributed by atoms with van der Waals surface area (Å²) in [5.41, 5.74) is 1.02. The Kier molecular flexibility index (Phi) is 5.31. The Morgan fingerprint density at radius 2 is 2.04 bits per heavy atom. The minimum Gasteiger partial charge on any atom is -0.493 e. The van der Waals surface area contributed by atoms with Crippen LogP contribution in [0, 0.1) is 10.7 Å². The van der Waals surface area contributed by atoms with Crippen LogP contribution in [0.15, 0.2) is 45.4 Å². The molecule has 3 N–H and O–H groups in total. The molecule has 0 saturated carbocycles. The maximum atomic E-state index is 12.1. The van der Waals surface area contributed by atoms with Crippen molar-refractivity contribution in [2.75, 3.05) is 0 Å². The quantitative estimate of drug-likeness (QED) is 0.459. The second-order valence-corrected chi connectivity index (χ2v) is 6.99. The number of hydrogen-bond donors (Lipinski definition) is 3. The van der Waals surface area contributed by atoms with Crippen LogP contribution in [0.1, 0.15) is 19.5 Å². The van der Waals surface area contributed by atoms with E-state index in [1.54, 1.807) is 4.57 Å². The van der Waals surface area contributed by atoms with E-state index in [-0.39, 0.29) is 22.8 Å². The lowest BCUT2D eigenvalue weighted by atomic mass is 10.2. The van der Waals surface area contributed by atoms with Crippen LogP contribution in [0.5, 0.6) is 5.88 Å². The predicted molar refractivity (Wildman–Crippen MR) is 104 cm³/mol. The molecule has 140 valence electrons. The maximum absolute atomic E-state index is 12.1. The number of aromatic hydroxyl groups is 1. The summed E-state index contributed by atoms with van der Waals surface area (Å²) in [4.78, 5) is 28.7. The van der Waals surface area contributed by atoms with Gasteiger partial charge in [-0.1, -0.05) is 32.0 Å². The molecule has 0 aliphatic heterocycles. The highest BCUT2D eigenvalue weighted by Gasteiger charge is 2.17. The fourth-order valence-corrected chi connectivity index (χ4v) is 3.07. The molecule has 0 atom stereocenters. The van der Waals surface area contributed by atoms with Crippen molar-refractivity contribution in [2.45, 2.75) is 26.8 Å². The molecule has 3 rings (SSSR count). The maximum Gasteiger partial charge on any atom is 0.270 e. The molecular formula is C18H19N5O3S. The Bertz CT molecular complexity index is 1110. The summed E-state index contributed by atoms with van der Waals surface area (Å²) in [5.74, 6) is -0.277. The van der Waals surface area contributed by atoms with Crippen LogP contribution in [-0.4, -0.2) is 25.5 Å². The van der Waals surface area contributed by atoms with Gasteiger partial charge in [0.1, 0.15) is 0 Å². The van der Waals surface area contributed by atoms with Crippen molar-refractivity contribution in [3.05, 3.63) is 51.2 Å². The van der Waals surface area contributed by atoms with Crippen LogP contribution in [0.3, 0.4) is 0 Å². The van der Waals surface area contributed by atoms with E-state index in [2.05, 4.69) is 20.2 Å². The fourth-order valence-electron chi connectivity index (χ4n) is 2.84. The number of azo groups is 1. The van der Waals surface area contributed by atoms with E-state index in [9.17, 15) is 14.7 Å². The standard InChI is InChI=1S/C18H19N5O3S/c1-10(2)9-23-13-6-4-3-5-12(13)16(17(23)26)22-21-15(25)8-11-7-14(24)20-18(27)19-11/h3-7,10,26H,8-9H2,1-2H3,(H2,19,20,24,27). The second kappa shape index (κ2) is 7.67. The molecule has 0 unspecified atom stereocenters. The average Bonchev–Trinajstić information content (AvgIpc) is 2.84. The van der Waals surface area contributed by atoms with Crippen LogP contribution in [-0.2, 0) is 17.8 Å². The Balaban J connectivity index is 1.91. The minimum atomic E-state index is -0.564. The molecule has 2 heterocycles. The van der Waals surface area contributed by atoms with Crippen LogP contribution in [0.4, 0.5) is 5.69 Å². The Labute approximate surface area is 159 Å². The van der Waals surface area contributed by atoms with E-state index in [1.165, 1.54) is 6.07 Å². The summed E-state index contributed by atoms with van der Waals surface area (Å²) in [6.45, 7) is 4.70. The molecule has 1 aromatic carbocycles. The van der Waals surface area contributed by atoms with E-state index in [0.717, 1.165) is 5.52 Å². The molecule has 0 aliphatic carbocycles. The molecule has 0 radical (unpaired) electrons. The number of carbonyl (C=O) groups is 1. The smallest absolute Gasteiger partial charge is 0.270 e. The number of nitrogens with zero attached hydrogens (tertiary/aromatic N) is 3. The number of aromatic amines is 2. The number of fused-ring (bicyclic) bond motifs is 1. The van der Waals surface area contributed by atoms with Crippen LogP contribution in [0.25, 0.3) is 10.9 Å². The van der Waals surface area contributed by atoms with Gasteiger partial charge < -0.3 is 14.7 Å². The highest BCUT2D eigenvalue weighted by Crippen LogP contribution is 2.39. The van der Waals surface area contributed by atoms with Crippen molar-refractivity contribution in [3.8, 4) is 5.88 Å². The zero-order valence-electron chi connectivity index (χ0n) is 14.9. The molecule has 0 fully saturated rings. The summed E-state index contributed by atoms with van der Waals surface area (Å²) in [6.07, 6.45) is -0.150. The van der Waals surface area contributed by atoms with Gasteiger partial charge in [0.25, 0.3) is 11.5 Å². The number of aromatic nitrogens is 3. The van der Waals surface area contributed by atoms with E-state index in [0.29, 0.717) is 23.5 Å². The zero-order valence-corrected chi connectivity index (χ0v) is 15.7. The molecule has 3 aromatic rings. The third-order valence-electron chi connectivity index (χ3n) is 3.88. The van der Waals surface area contributed by atoms with Crippen LogP contribution >= 0.6 is 12.2 Å². The topological polar surface area (TPSA) is 116 Å². The van der Waals surface area contributed by atoms with Gasteiger partial charge in [0.05, 0.1) is 11.9 Å². The zero-order chi connectivity index (χ0) is 19.6. The molecule has 0 spiro atoms. The van der Waals surface area contributed by atoms with E-state index in [4.69, 9.17) is 12.2 Å². The second-order valence-electron chi connectivity index (χ2n) is 6.58. The van der Waals surface area contributed by atoms with Gasteiger partial charge in [0.2, 0.25) is 5.88 Å². The first-order valence-electron chi connectivity index (χ1n) is 8.42. The van der Waals surface area contributed by atoms with Gasteiger partial charge in [-0.15, -0.1) is 10.2 Å². The average molecular weight is 385 g/mol. The molecule has 8 nitrogen and oxygen atoms in total. The van der Waals surface area contributed by atoms with E-state index in [1.807, 2.05) is 38.1 Å². The van der Waals surface area contributed by atoms with E-state index < -0.39 is 11.5 Å². The Morgan fingerprint density at radius 1 is 1.30 bits per heavy atom. The SMILES string of the molecule is CC(C)Cn1c(O)c(N=NC(=O)Cc2cc(=O)[nH]c(=S)[nH]2)c2ccccc21. The number of nitrogens with one attached hydrogen (secondary N) is 2.